The molecule has 1 fully saturated rings. The van der Waals surface area contributed by atoms with Crippen molar-refractivity contribution < 1.29 is 9.47 Å². The summed E-state index contributed by atoms with van der Waals surface area (Å²) in [4.78, 5) is 0. The van der Waals surface area contributed by atoms with E-state index in [-0.39, 0.29) is 0 Å². The number of hydrogen-bond donors (Lipinski definition) is 1. The molecule has 0 radical (unpaired) electrons. The Morgan fingerprint density at radius 2 is 2.00 bits per heavy atom. The Labute approximate surface area is 106 Å². The van der Waals surface area contributed by atoms with Crippen LogP contribution in [-0.2, 0) is 9.47 Å². The summed E-state index contributed by atoms with van der Waals surface area (Å²) in [6.07, 6.45) is 4.92. The van der Waals surface area contributed by atoms with E-state index in [1.165, 1.54) is 12.8 Å². The van der Waals surface area contributed by atoms with E-state index in [0.29, 0.717) is 18.1 Å². The van der Waals surface area contributed by atoms with Crippen LogP contribution in [0.15, 0.2) is 0 Å². The van der Waals surface area contributed by atoms with Gasteiger partial charge in [0, 0.05) is 19.3 Å². The molecule has 0 aromatic rings. The number of rotatable bonds is 8. The van der Waals surface area contributed by atoms with Gasteiger partial charge in [-0.1, -0.05) is 27.2 Å². The lowest BCUT2D eigenvalue weighted by Gasteiger charge is -2.28. The second-order valence-corrected chi connectivity index (χ2v) is 5.09. The van der Waals surface area contributed by atoms with Crippen LogP contribution in [0.4, 0.5) is 0 Å². The summed E-state index contributed by atoms with van der Waals surface area (Å²) in [7, 11) is 0. The minimum Gasteiger partial charge on any atom is -0.381 e. The molecule has 1 heterocycles. The fraction of sp³-hybridized carbons (Fsp3) is 1.00. The number of hydrogen-bond acceptors (Lipinski definition) is 3. The summed E-state index contributed by atoms with van der Waals surface area (Å²) in [5.41, 5.74) is 0. The second-order valence-electron chi connectivity index (χ2n) is 5.09. The molecule has 0 saturated carbocycles. The largest absolute Gasteiger partial charge is 0.381 e. The van der Waals surface area contributed by atoms with Crippen molar-refractivity contribution in [1.29, 1.82) is 0 Å². The number of ether oxygens (including phenoxy) is 2. The molecule has 0 aromatic heterocycles. The average Bonchev–Trinajstić information content (AvgIpc) is 2.39. The van der Waals surface area contributed by atoms with E-state index in [2.05, 4.69) is 26.1 Å². The smallest absolute Gasteiger partial charge is 0.0626 e. The maximum absolute atomic E-state index is 6.02. The van der Waals surface area contributed by atoms with E-state index in [1.807, 2.05) is 0 Å². The molecule has 0 spiro atoms. The first kappa shape index (κ1) is 14.9. The molecule has 0 aromatic carbocycles. The lowest BCUT2D eigenvalue weighted by atomic mass is 9.99. The van der Waals surface area contributed by atoms with Crippen LogP contribution in [0, 0.1) is 5.92 Å². The summed E-state index contributed by atoms with van der Waals surface area (Å²) < 4.78 is 11.4. The Morgan fingerprint density at radius 1 is 1.29 bits per heavy atom. The number of nitrogens with one attached hydrogen (secondary N) is 1. The molecule has 1 aliphatic heterocycles. The standard InChI is InChI=1S/C14H29NO2/c1-4-8-15-14(12(3)5-2)11-17-13-6-9-16-10-7-13/h12-15H,4-11H2,1-3H3. The van der Waals surface area contributed by atoms with E-state index in [4.69, 9.17) is 9.47 Å². The van der Waals surface area contributed by atoms with E-state index >= 15 is 0 Å². The molecular formula is C14H29NO2. The normalized spacial score (nSPS) is 21.4. The zero-order chi connectivity index (χ0) is 12.5. The van der Waals surface area contributed by atoms with Gasteiger partial charge in [-0.15, -0.1) is 0 Å². The van der Waals surface area contributed by atoms with Crippen molar-refractivity contribution in [3.63, 3.8) is 0 Å². The third-order valence-electron chi connectivity index (χ3n) is 3.67. The molecular weight excluding hydrogens is 214 g/mol. The predicted octanol–water partition coefficient (Wildman–Crippen LogP) is 2.60. The summed E-state index contributed by atoms with van der Waals surface area (Å²) in [5, 5.41) is 3.60. The van der Waals surface area contributed by atoms with Gasteiger partial charge in [0.2, 0.25) is 0 Å². The lowest BCUT2D eigenvalue weighted by molar-refractivity contribution is -0.0419. The molecule has 3 heteroatoms. The Bertz CT molecular complexity index is 181. The molecule has 1 saturated heterocycles. The van der Waals surface area contributed by atoms with E-state index in [9.17, 15) is 0 Å². The van der Waals surface area contributed by atoms with Crippen molar-refractivity contribution in [2.45, 2.75) is 58.6 Å². The van der Waals surface area contributed by atoms with Crippen molar-refractivity contribution >= 4 is 0 Å². The minimum atomic E-state index is 0.415. The van der Waals surface area contributed by atoms with Crippen LogP contribution in [0.1, 0.15) is 46.5 Å². The van der Waals surface area contributed by atoms with Gasteiger partial charge in [0.1, 0.15) is 0 Å². The highest BCUT2D eigenvalue weighted by atomic mass is 16.5. The fourth-order valence-electron chi connectivity index (χ4n) is 2.12. The van der Waals surface area contributed by atoms with Gasteiger partial charge in [0.25, 0.3) is 0 Å². The van der Waals surface area contributed by atoms with Gasteiger partial charge in [-0.3, -0.25) is 0 Å². The van der Waals surface area contributed by atoms with Crippen molar-refractivity contribution in [2.24, 2.45) is 5.92 Å². The summed E-state index contributed by atoms with van der Waals surface area (Å²) >= 11 is 0. The first-order chi connectivity index (χ1) is 8.27. The molecule has 2 atom stereocenters. The molecule has 17 heavy (non-hydrogen) atoms. The first-order valence-corrected chi connectivity index (χ1v) is 7.20. The van der Waals surface area contributed by atoms with Gasteiger partial charge in [0.05, 0.1) is 12.7 Å². The van der Waals surface area contributed by atoms with Gasteiger partial charge < -0.3 is 14.8 Å². The van der Waals surface area contributed by atoms with Crippen molar-refractivity contribution in [2.75, 3.05) is 26.4 Å². The maximum Gasteiger partial charge on any atom is 0.0626 e. The molecule has 0 amide bonds. The van der Waals surface area contributed by atoms with Crippen molar-refractivity contribution in [3.05, 3.63) is 0 Å². The first-order valence-electron chi connectivity index (χ1n) is 7.20. The topological polar surface area (TPSA) is 30.5 Å². The zero-order valence-electron chi connectivity index (χ0n) is 11.7. The van der Waals surface area contributed by atoms with Crippen LogP contribution in [0.5, 0.6) is 0 Å². The molecule has 2 unspecified atom stereocenters. The zero-order valence-corrected chi connectivity index (χ0v) is 11.7. The highest BCUT2D eigenvalue weighted by Crippen LogP contribution is 2.14. The van der Waals surface area contributed by atoms with E-state index < -0.39 is 0 Å². The average molecular weight is 243 g/mol. The van der Waals surface area contributed by atoms with Gasteiger partial charge in [-0.2, -0.15) is 0 Å². The van der Waals surface area contributed by atoms with Crippen LogP contribution < -0.4 is 5.32 Å². The third kappa shape index (κ3) is 5.84. The Hall–Kier alpha value is -0.120. The maximum atomic E-state index is 6.02. The van der Waals surface area contributed by atoms with Crippen LogP contribution in [0.25, 0.3) is 0 Å². The van der Waals surface area contributed by atoms with Crippen LogP contribution in [0.3, 0.4) is 0 Å². The molecule has 0 aliphatic carbocycles. The van der Waals surface area contributed by atoms with Gasteiger partial charge in [0.15, 0.2) is 0 Å². The highest BCUT2D eigenvalue weighted by molar-refractivity contribution is 4.73. The molecule has 1 aliphatic rings. The molecule has 1 rings (SSSR count). The SMILES string of the molecule is CCCNC(COC1CCOCC1)C(C)CC. The Kier molecular flexibility index (Phi) is 7.82. The lowest BCUT2D eigenvalue weighted by Crippen LogP contribution is -2.41. The third-order valence-corrected chi connectivity index (χ3v) is 3.67. The van der Waals surface area contributed by atoms with Crippen LogP contribution in [0.2, 0.25) is 0 Å². The van der Waals surface area contributed by atoms with Crippen LogP contribution in [-0.4, -0.2) is 38.5 Å². The summed E-state index contributed by atoms with van der Waals surface area (Å²) in [6.45, 7) is 10.4. The van der Waals surface area contributed by atoms with Crippen molar-refractivity contribution in [1.82, 2.24) is 5.32 Å². The fourth-order valence-corrected chi connectivity index (χ4v) is 2.12. The van der Waals surface area contributed by atoms with Gasteiger partial charge in [-0.05, 0) is 31.7 Å². The quantitative estimate of drug-likeness (QED) is 0.711. The summed E-state index contributed by atoms with van der Waals surface area (Å²) in [5.74, 6) is 0.682. The molecule has 0 bridgehead atoms. The highest BCUT2D eigenvalue weighted by Gasteiger charge is 2.19. The van der Waals surface area contributed by atoms with Crippen molar-refractivity contribution in [3.8, 4) is 0 Å². The molecule has 102 valence electrons. The summed E-state index contributed by atoms with van der Waals surface area (Å²) in [6, 6.07) is 0.503. The van der Waals surface area contributed by atoms with E-state index in [0.717, 1.165) is 39.2 Å². The molecule has 1 N–H and O–H groups in total. The molecule has 3 nitrogen and oxygen atoms in total. The van der Waals surface area contributed by atoms with Gasteiger partial charge >= 0.3 is 0 Å². The second kappa shape index (κ2) is 8.90. The Balaban J connectivity index is 2.26. The minimum absolute atomic E-state index is 0.415. The van der Waals surface area contributed by atoms with E-state index in [1.54, 1.807) is 0 Å². The Morgan fingerprint density at radius 3 is 2.59 bits per heavy atom. The predicted molar refractivity (Wildman–Crippen MR) is 71.3 cm³/mol. The monoisotopic (exact) mass is 243 g/mol. The van der Waals surface area contributed by atoms with Crippen LogP contribution >= 0.6 is 0 Å². The van der Waals surface area contributed by atoms with Gasteiger partial charge in [-0.25, -0.2) is 0 Å².